The Bertz CT molecular complexity index is 1650. The van der Waals surface area contributed by atoms with Crippen LogP contribution in [-0.2, 0) is 19.2 Å². The topological polar surface area (TPSA) is 133 Å². The van der Waals surface area contributed by atoms with Crippen LogP contribution in [0.15, 0.2) is 48.5 Å². The molecule has 0 aliphatic heterocycles. The summed E-state index contributed by atoms with van der Waals surface area (Å²) in [5.41, 5.74) is 2.92. The largest absolute Gasteiger partial charge is 0.396 e. The second-order valence-electron chi connectivity index (χ2n) is 12.2. The highest BCUT2D eigenvalue weighted by Gasteiger charge is 2.09. The number of halogens is 1. The molecule has 2 amide bonds. The van der Waals surface area contributed by atoms with Crippen molar-refractivity contribution in [1.82, 2.24) is 10.6 Å². The highest BCUT2D eigenvalue weighted by molar-refractivity contribution is 14.1. The lowest BCUT2D eigenvalue weighted by Crippen LogP contribution is -2.31. The summed E-state index contributed by atoms with van der Waals surface area (Å²) in [5, 5.41) is 22.3. The normalized spacial score (nSPS) is 9.21. The minimum absolute atomic E-state index is 0. The third-order valence-corrected chi connectivity index (χ3v) is 8.57. The number of hydrogen-bond donors (Lipinski definition) is 4. The number of aliphatic hydroxyl groups excluding tert-OH is 2. The van der Waals surface area contributed by atoms with E-state index < -0.39 is 23.4 Å². The molecule has 2 rings (SSSR count). The first-order valence-corrected chi connectivity index (χ1v) is 20.4. The molecule has 0 aliphatic rings. The highest BCUT2D eigenvalue weighted by Crippen LogP contribution is 2.11. The molecule has 0 aromatic heterocycles. The summed E-state index contributed by atoms with van der Waals surface area (Å²) >= 11 is 2.32. The number of Topliss-reactive ketones (excluding diaryl/α,β-unsaturated/α-hetero) is 2. The third kappa shape index (κ3) is 29.9. The van der Waals surface area contributed by atoms with Gasteiger partial charge >= 0.3 is 0 Å². The minimum atomic E-state index is -0.540. The molecular weight excluding hydrogens is 815 g/mol. The van der Waals surface area contributed by atoms with Crippen LogP contribution in [0.4, 0.5) is 0 Å². The highest BCUT2D eigenvalue weighted by atomic mass is 127. The number of unbranched alkanes of at least 4 members (excludes halogenated alkanes) is 10. The molecule has 0 bridgehead atoms. The van der Waals surface area contributed by atoms with Crippen molar-refractivity contribution in [2.75, 3.05) is 26.3 Å². The van der Waals surface area contributed by atoms with Crippen LogP contribution in [-0.4, -0.2) is 59.9 Å². The van der Waals surface area contributed by atoms with Gasteiger partial charge in [-0.3, -0.25) is 19.2 Å². The molecule has 0 unspecified atom stereocenters. The molecule has 0 spiro atoms. The number of terminal acetylenes is 1. The molecule has 304 valence electrons. The molecule has 0 radical (unpaired) electrons. The fraction of sp³-hybridized carbons (Fsp3) is 0.489. The van der Waals surface area contributed by atoms with Gasteiger partial charge in [0.1, 0.15) is 0 Å². The van der Waals surface area contributed by atoms with Crippen molar-refractivity contribution in [3.8, 4) is 47.9 Å². The van der Waals surface area contributed by atoms with E-state index in [0.29, 0.717) is 32.5 Å². The Morgan fingerprint density at radius 1 is 0.571 bits per heavy atom. The molecular formula is C47H63IN2O6. The fourth-order valence-corrected chi connectivity index (χ4v) is 4.98. The zero-order valence-corrected chi connectivity index (χ0v) is 34.9. The standard InChI is InChI=1S/C23H29NO3.C15H19IO.C8H11NO2.CH4/c1-2-22(26)23(27)24-18-12-11-17-21-16-10-9-15-20(21)14-8-6-4-3-5-7-13-19-25;16-15-12-8-7-11-14(15)10-6-4-2-1-3-5-9-13-17;1-3-5-6-9-8(11)7(10)4-2;/h9-10,15-16,25H,2-7,12-13,18-19H2,1H3,(H,24,27);7-8,11-12,17H,1-5,9,13H2;1H,4-6H2,2H3,(H,9,11);1H4. The molecule has 2 aromatic carbocycles. The molecule has 8 nitrogen and oxygen atoms in total. The smallest absolute Gasteiger partial charge is 0.287 e. The number of amides is 2. The van der Waals surface area contributed by atoms with E-state index in [4.69, 9.17) is 16.6 Å². The van der Waals surface area contributed by atoms with Crippen molar-refractivity contribution in [2.45, 2.75) is 124 Å². The molecule has 2 aromatic rings. The van der Waals surface area contributed by atoms with Gasteiger partial charge < -0.3 is 20.8 Å². The number of hydrogen-bond acceptors (Lipinski definition) is 6. The first-order valence-electron chi connectivity index (χ1n) is 19.3. The Hall–Kier alpha value is -4.39. The number of aliphatic hydroxyl groups is 2. The Labute approximate surface area is 351 Å². The summed E-state index contributed by atoms with van der Waals surface area (Å²) in [6.07, 6.45) is 19.2. The zero-order valence-electron chi connectivity index (χ0n) is 32.7. The van der Waals surface area contributed by atoms with E-state index in [0.717, 1.165) is 74.5 Å². The van der Waals surface area contributed by atoms with Gasteiger partial charge in [-0.1, -0.05) is 120 Å². The lowest BCUT2D eigenvalue weighted by molar-refractivity contribution is -0.137. The average molecular weight is 879 g/mol. The molecule has 0 saturated heterocycles. The van der Waals surface area contributed by atoms with Crippen LogP contribution < -0.4 is 10.6 Å². The molecule has 4 N–H and O–H groups in total. The molecule has 0 heterocycles. The van der Waals surface area contributed by atoms with E-state index in [2.05, 4.69) is 86.8 Å². The van der Waals surface area contributed by atoms with Gasteiger partial charge in [0.05, 0.1) is 0 Å². The van der Waals surface area contributed by atoms with Crippen molar-refractivity contribution in [3.63, 3.8) is 0 Å². The maximum atomic E-state index is 11.4. The molecule has 9 heteroatoms. The summed E-state index contributed by atoms with van der Waals surface area (Å²) in [6, 6.07) is 16.0. The van der Waals surface area contributed by atoms with E-state index in [1.165, 1.54) is 22.8 Å². The van der Waals surface area contributed by atoms with E-state index in [1.807, 2.05) is 36.4 Å². The van der Waals surface area contributed by atoms with Gasteiger partial charge in [-0.25, -0.2) is 0 Å². The van der Waals surface area contributed by atoms with E-state index in [1.54, 1.807) is 13.8 Å². The first-order chi connectivity index (χ1) is 26.7. The number of carbonyl (C=O) groups excluding carboxylic acids is 4. The summed E-state index contributed by atoms with van der Waals surface area (Å²) in [5.74, 6) is 19.4. The molecule has 0 aliphatic carbocycles. The number of rotatable bonds is 20. The molecule has 0 atom stereocenters. The van der Waals surface area contributed by atoms with Crippen molar-refractivity contribution >= 4 is 46.0 Å². The predicted octanol–water partition coefficient (Wildman–Crippen LogP) is 7.92. The van der Waals surface area contributed by atoms with Crippen LogP contribution >= 0.6 is 22.6 Å². The van der Waals surface area contributed by atoms with Crippen LogP contribution in [0.1, 0.15) is 141 Å². The SMILES string of the molecule is C.C#CCCNC(=O)C(=O)CC.CCC(=O)C(=O)NCCC#Cc1ccccc1C#CCCCCCCCO.OCCCCCCCC#Cc1ccccc1I. The van der Waals surface area contributed by atoms with E-state index in [9.17, 15) is 19.2 Å². The Morgan fingerprint density at radius 2 is 0.946 bits per heavy atom. The number of carbonyl (C=O) groups is 4. The summed E-state index contributed by atoms with van der Waals surface area (Å²) in [4.78, 5) is 43.9. The predicted molar refractivity (Wildman–Crippen MR) is 237 cm³/mol. The number of ketones is 2. The van der Waals surface area contributed by atoms with Crippen LogP contribution in [0.5, 0.6) is 0 Å². The van der Waals surface area contributed by atoms with E-state index >= 15 is 0 Å². The van der Waals surface area contributed by atoms with Crippen molar-refractivity contribution in [3.05, 3.63) is 68.8 Å². The summed E-state index contributed by atoms with van der Waals surface area (Å²) < 4.78 is 1.22. The summed E-state index contributed by atoms with van der Waals surface area (Å²) in [6.45, 7) is 4.65. The maximum Gasteiger partial charge on any atom is 0.287 e. The van der Waals surface area contributed by atoms with Crippen LogP contribution in [0.2, 0.25) is 0 Å². The Balaban J connectivity index is 0. The monoisotopic (exact) mass is 878 g/mol. The van der Waals surface area contributed by atoms with Gasteiger partial charge in [0.25, 0.3) is 11.8 Å². The third-order valence-electron chi connectivity index (χ3n) is 7.63. The number of nitrogens with one attached hydrogen (secondary N) is 2. The lowest BCUT2D eigenvalue weighted by Gasteiger charge is -1.99. The average Bonchev–Trinajstić information content (AvgIpc) is 3.20. The van der Waals surface area contributed by atoms with Gasteiger partial charge in [0.2, 0.25) is 11.6 Å². The summed E-state index contributed by atoms with van der Waals surface area (Å²) in [7, 11) is 0. The lowest BCUT2D eigenvalue weighted by atomic mass is 10.1. The molecule has 56 heavy (non-hydrogen) atoms. The fourth-order valence-electron chi connectivity index (χ4n) is 4.45. The second kappa shape index (κ2) is 38.9. The first kappa shape index (κ1) is 53.7. The van der Waals surface area contributed by atoms with Crippen molar-refractivity contribution in [2.24, 2.45) is 0 Å². The van der Waals surface area contributed by atoms with Gasteiger partial charge in [-0.2, -0.15) is 0 Å². The van der Waals surface area contributed by atoms with Crippen LogP contribution in [0.25, 0.3) is 0 Å². The molecule has 0 fully saturated rings. The van der Waals surface area contributed by atoms with Gasteiger partial charge in [0.15, 0.2) is 0 Å². The van der Waals surface area contributed by atoms with Crippen molar-refractivity contribution in [1.29, 1.82) is 0 Å². The quantitative estimate of drug-likeness (QED) is 0.0463. The van der Waals surface area contributed by atoms with Gasteiger partial charge in [0, 0.05) is 85.1 Å². The van der Waals surface area contributed by atoms with Crippen LogP contribution in [0, 0.1) is 51.4 Å². The van der Waals surface area contributed by atoms with Gasteiger partial charge in [-0.15, -0.1) is 12.3 Å². The Morgan fingerprint density at radius 3 is 1.38 bits per heavy atom. The zero-order chi connectivity index (χ0) is 40.8. The number of benzene rings is 2. The van der Waals surface area contributed by atoms with Crippen LogP contribution in [0.3, 0.4) is 0 Å². The Kier molecular flexibility index (Phi) is 37.3. The molecule has 0 saturated carbocycles. The minimum Gasteiger partial charge on any atom is -0.396 e. The second-order valence-corrected chi connectivity index (χ2v) is 13.3. The maximum absolute atomic E-state index is 11.4. The van der Waals surface area contributed by atoms with E-state index in [-0.39, 0.29) is 26.9 Å². The van der Waals surface area contributed by atoms with Crippen molar-refractivity contribution < 1.29 is 29.4 Å². The van der Waals surface area contributed by atoms with Gasteiger partial charge in [-0.05, 0) is 72.5 Å².